The van der Waals surface area contributed by atoms with Crippen LogP contribution in [0.4, 0.5) is 4.39 Å². The quantitative estimate of drug-likeness (QED) is 0.566. The number of benzene rings is 1. The molecule has 6 heteroatoms. The first-order valence-corrected chi connectivity index (χ1v) is 10.2. The summed E-state index contributed by atoms with van der Waals surface area (Å²) in [5.74, 6) is 0.618. The fourth-order valence-corrected chi connectivity index (χ4v) is 3.35. The number of hydrogen-bond donors (Lipinski definition) is 2. The Bertz CT molecular complexity index is 611. The van der Waals surface area contributed by atoms with Gasteiger partial charge in [0.05, 0.1) is 12.6 Å². The average molecular weight is 378 g/mol. The Balaban J connectivity index is 1.93. The maximum Gasteiger partial charge on any atom is 0.191 e. The topological polar surface area (TPSA) is 42.9 Å². The molecule has 1 aliphatic heterocycles. The lowest BCUT2D eigenvalue weighted by molar-refractivity contribution is 0.109. The molecule has 1 aromatic rings. The van der Waals surface area contributed by atoms with Gasteiger partial charge in [-0.25, -0.2) is 4.39 Å². The highest BCUT2D eigenvalue weighted by atomic mass is 19.1. The number of aliphatic imine (C=N–C) groups is 1. The molecule has 2 rings (SSSR count). The van der Waals surface area contributed by atoms with Gasteiger partial charge in [0.2, 0.25) is 0 Å². The lowest BCUT2D eigenvalue weighted by atomic mass is 10.1. The Hall–Kier alpha value is -1.66. The zero-order chi connectivity index (χ0) is 19.8. The van der Waals surface area contributed by atoms with Crippen LogP contribution in [-0.4, -0.2) is 67.6 Å². The van der Waals surface area contributed by atoms with Gasteiger partial charge in [-0.05, 0) is 51.4 Å². The van der Waals surface area contributed by atoms with Crippen molar-refractivity contribution in [2.24, 2.45) is 4.99 Å². The molecule has 27 heavy (non-hydrogen) atoms. The van der Waals surface area contributed by atoms with Crippen LogP contribution in [0.25, 0.3) is 0 Å². The maximum atomic E-state index is 13.9. The molecule has 0 saturated carbocycles. The van der Waals surface area contributed by atoms with Gasteiger partial charge in [0.1, 0.15) is 5.82 Å². The third-order valence-corrected chi connectivity index (χ3v) is 5.38. The average Bonchev–Trinajstić information content (AvgIpc) is 2.68. The second-order valence-corrected chi connectivity index (χ2v) is 7.41. The van der Waals surface area contributed by atoms with Crippen molar-refractivity contribution in [1.82, 2.24) is 20.4 Å². The van der Waals surface area contributed by atoms with Gasteiger partial charge < -0.3 is 15.5 Å². The molecule has 2 unspecified atom stereocenters. The summed E-state index contributed by atoms with van der Waals surface area (Å²) >= 11 is 0. The molecule has 0 aliphatic carbocycles. The van der Waals surface area contributed by atoms with Crippen molar-refractivity contribution in [3.05, 3.63) is 35.1 Å². The molecule has 1 heterocycles. The van der Waals surface area contributed by atoms with E-state index < -0.39 is 0 Å². The summed E-state index contributed by atoms with van der Waals surface area (Å²) < 4.78 is 13.9. The van der Waals surface area contributed by atoms with E-state index in [4.69, 9.17) is 4.99 Å². The Morgan fingerprint density at radius 1 is 1.19 bits per heavy atom. The summed E-state index contributed by atoms with van der Waals surface area (Å²) in [5.41, 5.74) is 1.59. The number of nitrogens with one attached hydrogen (secondary N) is 2. The third kappa shape index (κ3) is 6.47. The number of piperazine rings is 1. The van der Waals surface area contributed by atoms with Gasteiger partial charge >= 0.3 is 0 Å². The molecule has 5 nitrogen and oxygen atoms in total. The summed E-state index contributed by atoms with van der Waals surface area (Å²) in [6.07, 6.45) is 0. The van der Waals surface area contributed by atoms with Crippen molar-refractivity contribution in [3.63, 3.8) is 0 Å². The minimum atomic E-state index is -0.164. The van der Waals surface area contributed by atoms with Crippen LogP contribution in [0.1, 0.15) is 44.9 Å². The van der Waals surface area contributed by atoms with Gasteiger partial charge in [0.25, 0.3) is 0 Å². The molecular formula is C21H36FN5. The Kier molecular flexibility index (Phi) is 8.51. The highest BCUT2D eigenvalue weighted by Crippen LogP contribution is 2.16. The highest BCUT2D eigenvalue weighted by Gasteiger charge is 2.20. The molecule has 1 fully saturated rings. The smallest absolute Gasteiger partial charge is 0.191 e. The second-order valence-electron chi connectivity index (χ2n) is 7.41. The van der Waals surface area contributed by atoms with Gasteiger partial charge in [-0.2, -0.15) is 0 Å². The van der Waals surface area contributed by atoms with Crippen molar-refractivity contribution in [2.75, 3.05) is 45.8 Å². The molecule has 1 aliphatic rings. The van der Waals surface area contributed by atoms with Gasteiger partial charge in [-0.15, -0.1) is 0 Å². The van der Waals surface area contributed by atoms with Crippen LogP contribution in [0, 0.1) is 12.7 Å². The van der Waals surface area contributed by atoms with Crippen LogP contribution in [0.3, 0.4) is 0 Å². The first kappa shape index (κ1) is 21.6. The molecule has 2 atom stereocenters. The molecule has 1 saturated heterocycles. The number of likely N-dealkylation sites (N-methyl/N-ethyl adjacent to an activating group) is 1. The normalized spacial score (nSPS) is 19.0. The molecule has 2 N–H and O–H groups in total. The van der Waals surface area contributed by atoms with E-state index in [9.17, 15) is 4.39 Å². The number of halogens is 1. The van der Waals surface area contributed by atoms with Gasteiger partial charge in [0, 0.05) is 38.8 Å². The monoisotopic (exact) mass is 377 g/mol. The Morgan fingerprint density at radius 3 is 2.48 bits per heavy atom. The predicted octanol–water partition coefficient (Wildman–Crippen LogP) is 2.78. The molecule has 1 aromatic carbocycles. The highest BCUT2D eigenvalue weighted by molar-refractivity contribution is 5.80. The fourth-order valence-electron chi connectivity index (χ4n) is 3.35. The first-order valence-electron chi connectivity index (χ1n) is 10.2. The molecule has 152 valence electrons. The van der Waals surface area contributed by atoms with E-state index in [0.717, 1.165) is 57.3 Å². The SMILES string of the molecule is CCNC(=NCC(C)N1CCN(CC)CC1)NC(C)c1ccc(C)c(F)c1. The molecule has 0 amide bonds. The van der Waals surface area contributed by atoms with Crippen molar-refractivity contribution >= 4 is 5.96 Å². The standard InChI is InChI=1S/C21H36FN5/c1-6-23-21(25-18(5)19-9-8-16(3)20(22)14-19)24-15-17(4)27-12-10-26(7-2)11-13-27/h8-9,14,17-18H,6-7,10-13,15H2,1-5H3,(H2,23,24,25). The number of aryl methyl sites for hydroxylation is 1. The minimum absolute atomic E-state index is 0.0127. The lowest BCUT2D eigenvalue weighted by Crippen LogP contribution is -2.50. The lowest BCUT2D eigenvalue weighted by Gasteiger charge is -2.37. The van der Waals surface area contributed by atoms with Gasteiger partial charge in [-0.3, -0.25) is 9.89 Å². The molecule has 0 radical (unpaired) electrons. The van der Waals surface area contributed by atoms with E-state index in [1.54, 1.807) is 13.0 Å². The van der Waals surface area contributed by atoms with E-state index in [-0.39, 0.29) is 11.9 Å². The van der Waals surface area contributed by atoms with E-state index >= 15 is 0 Å². The van der Waals surface area contributed by atoms with Gasteiger partial charge in [-0.1, -0.05) is 19.1 Å². The number of rotatable bonds is 7. The zero-order valence-corrected chi connectivity index (χ0v) is 17.6. The summed E-state index contributed by atoms with van der Waals surface area (Å²) in [5, 5.41) is 6.70. The predicted molar refractivity (Wildman–Crippen MR) is 112 cm³/mol. The third-order valence-electron chi connectivity index (χ3n) is 5.38. The Labute approximate surface area is 164 Å². The molecule has 0 aromatic heterocycles. The summed E-state index contributed by atoms with van der Waals surface area (Å²) in [6, 6.07) is 5.79. The molecular weight excluding hydrogens is 341 g/mol. The van der Waals surface area contributed by atoms with E-state index in [1.165, 1.54) is 0 Å². The van der Waals surface area contributed by atoms with Gasteiger partial charge in [0.15, 0.2) is 5.96 Å². The van der Waals surface area contributed by atoms with Crippen molar-refractivity contribution < 1.29 is 4.39 Å². The Morgan fingerprint density at radius 2 is 1.89 bits per heavy atom. The number of guanidine groups is 1. The maximum absolute atomic E-state index is 13.9. The van der Waals surface area contributed by atoms with Crippen LogP contribution in [0.5, 0.6) is 0 Å². The van der Waals surface area contributed by atoms with Crippen LogP contribution >= 0.6 is 0 Å². The van der Waals surface area contributed by atoms with Crippen molar-refractivity contribution in [3.8, 4) is 0 Å². The van der Waals surface area contributed by atoms with Crippen molar-refractivity contribution in [1.29, 1.82) is 0 Å². The first-order chi connectivity index (χ1) is 12.9. The largest absolute Gasteiger partial charge is 0.357 e. The van der Waals surface area contributed by atoms with Crippen LogP contribution in [0.2, 0.25) is 0 Å². The molecule has 0 bridgehead atoms. The van der Waals surface area contributed by atoms with Crippen LogP contribution in [-0.2, 0) is 0 Å². The van der Waals surface area contributed by atoms with Crippen LogP contribution < -0.4 is 10.6 Å². The van der Waals surface area contributed by atoms with E-state index in [2.05, 4.69) is 41.2 Å². The van der Waals surface area contributed by atoms with E-state index in [0.29, 0.717) is 11.6 Å². The fraction of sp³-hybridized carbons (Fsp3) is 0.667. The van der Waals surface area contributed by atoms with Crippen molar-refractivity contribution in [2.45, 2.75) is 46.7 Å². The molecule has 0 spiro atoms. The number of nitrogens with zero attached hydrogens (tertiary/aromatic N) is 3. The second kappa shape index (κ2) is 10.6. The van der Waals surface area contributed by atoms with E-state index in [1.807, 2.05) is 19.1 Å². The minimum Gasteiger partial charge on any atom is -0.357 e. The number of hydrogen-bond acceptors (Lipinski definition) is 3. The van der Waals surface area contributed by atoms with Crippen LogP contribution in [0.15, 0.2) is 23.2 Å². The zero-order valence-electron chi connectivity index (χ0n) is 17.6. The summed E-state index contributed by atoms with van der Waals surface area (Å²) in [7, 11) is 0. The summed E-state index contributed by atoms with van der Waals surface area (Å²) in [4.78, 5) is 9.78. The summed E-state index contributed by atoms with van der Waals surface area (Å²) in [6.45, 7) is 17.5.